The first-order valence-electron chi connectivity index (χ1n) is 12.3. The lowest BCUT2D eigenvalue weighted by Crippen LogP contribution is -2.52. The quantitative estimate of drug-likeness (QED) is 0.427. The van der Waals surface area contributed by atoms with Crippen molar-refractivity contribution in [2.24, 2.45) is 0 Å². The lowest BCUT2D eigenvalue weighted by molar-refractivity contribution is -0.139. The number of sulfonamides is 1. The highest BCUT2D eigenvalue weighted by Gasteiger charge is 2.32. The third-order valence-corrected chi connectivity index (χ3v) is 7.76. The van der Waals surface area contributed by atoms with Crippen LogP contribution in [-0.4, -0.2) is 43.8 Å². The van der Waals surface area contributed by atoms with Crippen LogP contribution in [0.2, 0.25) is 0 Å². The Kier molecular flexibility index (Phi) is 9.10. The third-order valence-electron chi connectivity index (χ3n) is 5.97. The fourth-order valence-corrected chi connectivity index (χ4v) is 5.32. The number of carbonyl (C=O) groups is 2. The number of hydrogen-bond acceptors (Lipinski definition) is 4. The molecule has 1 N–H and O–H groups in total. The van der Waals surface area contributed by atoms with Crippen LogP contribution >= 0.6 is 0 Å². The average molecular weight is 522 g/mol. The van der Waals surface area contributed by atoms with E-state index >= 15 is 0 Å². The van der Waals surface area contributed by atoms with Gasteiger partial charge < -0.3 is 10.2 Å². The summed E-state index contributed by atoms with van der Waals surface area (Å²) in [5, 5.41) is 2.85. The molecule has 0 radical (unpaired) electrons. The maximum atomic E-state index is 13.8. The molecule has 0 aromatic heterocycles. The first-order valence-corrected chi connectivity index (χ1v) is 13.7. The van der Waals surface area contributed by atoms with Crippen LogP contribution in [-0.2, 0) is 26.2 Å². The fraction of sp³-hybridized carbons (Fsp3) is 0.310. The molecule has 37 heavy (non-hydrogen) atoms. The van der Waals surface area contributed by atoms with Crippen LogP contribution < -0.4 is 9.62 Å². The molecule has 0 spiro atoms. The summed E-state index contributed by atoms with van der Waals surface area (Å²) in [4.78, 5) is 28.2. The van der Waals surface area contributed by atoms with Crippen molar-refractivity contribution in [3.63, 3.8) is 0 Å². The summed E-state index contributed by atoms with van der Waals surface area (Å²) in [6.45, 7) is 8.81. The minimum absolute atomic E-state index is 0.0904. The average Bonchev–Trinajstić information content (AvgIpc) is 2.85. The zero-order valence-electron chi connectivity index (χ0n) is 22.0. The topological polar surface area (TPSA) is 86.8 Å². The summed E-state index contributed by atoms with van der Waals surface area (Å²) in [5.74, 6) is -0.782. The normalized spacial score (nSPS) is 12.2. The van der Waals surface area contributed by atoms with Crippen LogP contribution in [0.25, 0.3) is 0 Å². The van der Waals surface area contributed by atoms with Crippen molar-refractivity contribution in [2.45, 2.75) is 58.1 Å². The summed E-state index contributed by atoms with van der Waals surface area (Å²) >= 11 is 0. The fourth-order valence-electron chi connectivity index (χ4n) is 3.92. The van der Waals surface area contributed by atoms with Gasteiger partial charge in [-0.15, -0.1) is 0 Å². The van der Waals surface area contributed by atoms with Gasteiger partial charge in [0.05, 0.1) is 10.6 Å². The van der Waals surface area contributed by atoms with Gasteiger partial charge in [-0.3, -0.25) is 13.9 Å². The van der Waals surface area contributed by atoms with Gasteiger partial charge in [0.1, 0.15) is 12.6 Å². The smallest absolute Gasteiger partial charge is 0.264 e. The van der Waals surface area contributed by atoms with Crippen molar-refractivity contribution in [3.8, 4) is 0 Å². The first kappa shape index (κ1) is 27.9. The van der Waals surface area contributed by atoms with Gasteiger partial charge in [-0.2, -0.15) is 0 Å². The number of hydrogen-bond donors (Lipinski definition) is 1. The van der Waals surface area contributed by atoms with Gasteiger partial charge in [0, 0.05) is 12.6 Å². The molecule has 0 aliphatic rings. The molecular weight excluding hydrogens is 486 g/mol. The van der Waals surface area contributed by atoms with E-state index in [0.717, 1.165) is 21.0 Å². The summed E-state index contributed by atoms with van der Waals surface area (Å²) in [5.41, 5.74) is 3.01. The molecular formula is C29H35N3O4S. The van der Waals surface area contributed by atoms with Crippen LogP contribution in [0.5, 0.6) is 0 Å². The van der Waals surface area contributed by atoms with Gasteiger partial charge in [-0.1, -0.05) is 60.2 Å². The second kappa shape index (κ2) is 12.1. The minimum Gasteiger partial charge on any atom is -0.352 e. The van der Waals surface area contributed by atoms with Crippen molar-refractivity contribution >= 4 is 27.5 Å². The van der Waals surface area contributed by atoms with Gasteiger partial charge in [0.25, 0.3) is 10.0 Å². The van der Waals surface area contributed by atoms with E-state index in [1.807, 2.05) is 64.1 Å². The van der Waals surface area contributed by atoms with Gasteiger partial charge in [0.2, 0.25) is 11.8 Å². The molecule has 0 fully saturated rings. The van der Waals surface area contributed by atoms with Crippen molar-refractivity contribution < 1.29 is 18.0 Å². The molecule has 0 saturated heterocycles. The van der Waals surface area contributed by atoms with Crippen LogP contribution in [0.3, 0.4) is 0 Å². The summed E-state index contributed by atoms with van der Waals surface area (Å²) < 4.78 is 28.7. The highest BCUT2D eigenvalue weighted by Crippen LogP contribution is 2.25. The second-order valence-corrected chi connectivity index (χ2v) is 11.4. The Morgan fingerprint density at radius 1 is 0.838 bits per heavy atom. The van der Waals surface area contributed by atoms with E-state index in [1.54, 1.807) is 49.4 Å². The number of nitrogens with one attached hydrogen (secondary N) is 1. The van der Waals surface area contributed by atoms with Gasteiger partial charge >= 0.3 is 0 Å². The third kappa shape index (κ3) is 7.20. The highest BCUT2D eigenvalue weighted by molar-refractivity contribution is 7.92. The molecule has 7 nitrogen and oxygen atoms in total. The molecule has 0 aliphatic heterocycles. The molecule has 0 unspecified atom stereocenters. The number of aryl methyl sites for hydroxylation is 2. The molecule has 0 heterocycles. The van der Waals surface area contributed by atoms with Crippen molar-refractivity contribution in [2.75, 3.05) is 10.8 Å². The van der Waals surface area contributed by atoms with E-state index in [9.17, 15) is 18.0 Å². The Bertz CT molecular complexity index is 1320. The summed E-state index contributed by atoms with van der Waals surface area (Å²) in [7, 11) is -4.07. The van der Waals surface area contributed by atoms with E-state index in [4.69, 9.17) is 0 Å². The van der Waals surface area contributed by atoms with Crippen molar-refractivity contribution in [3.05, 3.63) is 95.6 Å². The maximum absolute atomic E-state index is 13.8. The Labute approximate surface area is 220 Å². The molecule has 8 heteroatoms. The lowest BCUT2D eigenvalue weighted by Gasteiger charge is -2.32. The predicted octanol–water partition coefficient (Wildman–Crippen LogP) is 4.44. The number of anilines is 1. The largest absolute Gasteiger partial charge is 0.352 e. The van der Waals surface area contributed by atoms with E-state index in [2.05, 4.69) is 5.32 Å². The molecule has 0 bridgehead atoms. The molecule has 3 aromatic carbocycles. The Balaban J connectivity index is 2.02. The lowest BCUT2D eigenvalue weighted by atomic mass is 10.1. The number of benzene rings is 3. The van der Waals surface area contributed by atoms with E-state index < -0.39 is 28.5 Å². The molecule has 196 valence electrons. The summed E-state index contributed by atoms with van der Waals surface area (Å²) in [6.07, 6.45) is 0. The predicted molar refractivity (Wildman–Crippen MR) is 147 cm³/mol. The molecule has 0 saturated carbocycles. The van der Waals surface area contributed by atoms with Gasteiger partial charge in [0.15, 0.2) is 0 Å². The summed E-state index contributed by atoms with van der Waals surface area (Å²) in [6, 6.07) is 22.0. The minimum atomic E-state index is -4.07. The second-order valence-electron chi connectivity index (χ2n) is 9.51. The van der Waals surface area contributed by atoms with Crippen LogP contribution in [0, 0.1) is 13.8 Å². The number of nitrogens with zero attached hydrogens (tertiary/aromatic N) is 2. The number of carbonyl (C=O) groups excluding carboxylic acids is 2. The van der Waals surface area contributed by atoms with E-state index in [1.165, 1.54) is 4.90 Å². The Hall–Kier alpha value is -3.65. The van der Waals surface area contributed by atoms with E-state index in [0.29, 0.717) is 5.69 Å². The van der Waals surface area contributed by atoms with Crippen molar-refractivity contribution in [1.29, 1.82) is 0 Å². The first-order chi connectivity index (χ1) is 17.5. The van der Waals surface area contributed by atoms with Crippen LogP contribution in [0.15, 0.2) is 83.8 Å². The zero-order valence-corrected chi connectivity index (χ0v) is 22.8. The Morgan fingerprint density at radius 3 is 2.08 bits per heavy atom. The highest BCUT2D eigenvalue weighted by atomic mass is 32.2. The SMILES string of the molecule is Cc1ccc(S(=O)(=O)N(CC(=O)N(Cc2ccccc2)[C@@H](C)C(=O)NC(C)C)c2cccc(C)c2)cc1. The molecule has 2 amide bonds. The van der Waals surface area contributed by atoms with Crippen LogP contribution in [0.1, 0.15) is 37.5 Å². The zero-order chi connectivity index (χ0) is 27.2. The van der Waals surface area contributed by atoms with Crippen LogP contribution in [0.4, 0.5) is 5.69 Å². The molecule has 3 rings (SSSR count). The van der Waals surface area contributed by atoms with Gasteiger partial charge in [-0.05, 0) is 70.0 Å². The molecule has 1 atom stereocenters. The monoisotopic (exact) mass is 521 g/mol. The van der Waals surface area contributed by atoms with E-state index in [-0.39, 0.29) is 23.4 Å². The van der Waals surface area contributed by atoms with Crippen molar-refractivity contribution in [1.82, 2.24) is 10.2 Å². The number of rotatable bonds is 10. The maximum Gasteiger partial charge on any atom is 0.264 e. The molecule has 3 aromatic rings. The standard InChI is InChI=1S/C29H35N3O4S/c1-21(2)30-29(34)24(5)31(19-25-11-7-6-8-12-25)28(33)20-32(26-13-9-10-23(4)18-26)37(35,36)27-16-14-22(3)15-17-27/h6-18,21,24H,19-20H2,1-5H3,(H,30,34)/t24-/m0/s1. The molecule has 0 aliphatic carbocycles. The van der Waals surface area contributed by atoms with Gasteiger partial charge in [-0.25, -0.2) is 8.42 Å². The number of amides is 2. The Morgan fingerprint density at radius 2 is 1.49 bits per heavy atom.